The van der Waals surface area contributed by atoms with Crippen molar-refractivity contribution in [3.63, 3.8) is 0 Å². The molecule has 1 aromatic carbocycles. The van der Waals surface area contributed by atoms with Crippen LogP contribution in [0.1, 0.15) is 29.3 Å². The molecule has 0 N–H and O–H groups in total. The van der Waals surface area contributed by atoms with Gasteiger partial charge in [0.1, 0.15) is 0 Å². The third-order valence-corrected chi connectivity index (χ3v) is 3.25. The summed E-state index contributed by atoms with van der Waals surface area (Å²) in [5, 5.41) is 10.7. The quantitative estimate of drug-likeness (QED) is 0.355. The van der Waals surface area contributed by atoms with Gasteiger partial charge in [0, 0.05) is 24.6 Å². The van der Waals surface area contributed by atoms with Gasteiger partial charge in [0.15, 0.2) is 11.6 Å². The van der Waals surface area contributed by atoms with Gasteiger partial charge in [0.25, 0.3) is 5.69 Å². The lowest BCUT2D eigenvalue weighted by Gasteiger charge is -2.21. The number of fused-ring (bicyclic) bond motifs is 1. The molecule has 1 aromatic rings. The Labute approximate surface area is 108 Å². The van der Waals surface area contributed by atoms with Gasteiger partial charge in [-0.2, -0.15) is 0 Å². The molecule has 6 heteroatoms. The van der Waals surface area contributed by atoms with Crippen LogP contribution in [0.5, 0.6) is 0 Å². The number of nitro benzene ring substituents is 1. The van der Waals surface area contributed by atoms with Crippen LogP contribution in [0.4, 0.5) is 5.69 Å². The number of carbonyl (C=O) groups excluding carboxylic acids is 3. The number of aryl methyl sites for hydroxylation is 1. The van der Waals surface area contributed by atoms with Crippen molar-refractivity contribution >= 4 is 23.0 Å². The number of non-ortho nitro benzene ring substituents is 1. The molecule has 98 valence electrons. The maximum Gasteiger partial charge on any atom is 0.270 e. The van der Waals surface area contributed by atoms with Gasteiger partial charge >= 0.3 is 0 Å². The zero-order chi connectivity index (χ0) is 14.2. The predicted molar refractivity (Wildman–Crippen MR) is 64.9 cm³/mol. The molecule has 0 spiro atoms. The smallest absolute Gasteiger partial charge is 0.270 e. The van der Waals surface area contributed by atoms with E-state index in [1.54, 1.807) is 0 Å². The summed E-state index contributed by atoms with van der Waals surface area (Å²) in [5.41, 5.74) is 0.672. The molecule has 1 aliphatic rings. The molecule has 0 fully saturated rings. The Morgan fingerprint density at radius 1 is 1.37 bits per heavy atom. The molecule has 2 rings (SSSR count). The second-order valence-electron chi connectivity index (χ2n) is 4.47. The van der Waals surface area contributed by atoms with Gasteiger partial charge in [0.2, 0.25) is 5.78 Å². The summed E-state index contributed by atoms with van der Waals surface area (Å²) in [6.07, 6.45) is 0.741. The van der Waals surface area contributed by atoms with Crippen LogP contribution in [-0.2, 0) is 16.0 Å². The van der Waals surface area contributed by atoms with Gasteiger partial charge < -0.3 is 0 Å². The SMILES string of the molecule is CC(=O)C(=O)C1CCc2ccc([N+](=O)[O-])cc2C1=O. The first-order valence-corrected chi connectivity index (χ1v) is 5.78. The van der Waals surface area contributed by atoms with Crippen molar-refractivity contribution in [2.45, 2.75) is 19.8 Å². The molecule has 0 saturated heterocycles. The molecule has 19 heavy (non-hydrogen) atoms. The summed E-state index contributed by atoms with van der Waals surface area (Å²) in [6.45, 7) is 1.12. The maximum absolute atomic E-state index is 12.1. The molecule has 0 aromatic heterocycles. The number of carbonyl (C=O) groups is 3. The van der Waals surface area contributed by atoms with Crippen LogP contribution in [0.2, 0.25) is 0 Å². The molecular weight excluding hydrogens is 250 g/mol. The van der Waals surface area contributed by atoms with Crippen molar-refractivity contribution in [3.05, 3.63) is 39.4 Å². The fourth-order valence-corrected chi connectivity index (χ4v) is 2.24. The lowest BCUT2D eigenvalue weighted by Crippen LogP contribution is -2.33. The monoisotopic (exact) mass is 261 g/mol. The Morgan fingerprint density at radius 3 is 2.63 bits per heavy atom. The molecule has 1 unspecified atom stereocenters. The Balaban J connectivity index is 2.42. The molecule has 0 amide bonds. The summed E-state index contributed by atoms with van der Waals surface area (Å²) < 4.78 is 0. The number of ketones is 3. The van der Waals surface area contributed by atoms with Crippen molar-refractivity contribution in [2.75, 3.05) is 0 Å². The van der Waals surface area contributed by atoms with Gasteiger partial charge in [-0.15, -0.1) is 0 Å². The summed E-state index contributed by atoms with van der Waals surface area (Å²) in [4.78, 5) is 44.9. The fraction of sp³-hybridized carbons (Fsp3) is 0.308. The van der Waals surface area contributed by atoms with Crippen LogP contribution in [0.3, 0.4) is 0 Å². The normalized spacial score (nSPS) is 17.7. The first-order chi connectivity index (χ1) is 8.91. The number of hydrogen-bond acceptors (Lipinski definition) is 5. The highest BCUT2D eigenvalue weighted by molar-refractivity contribution is 6.41. The number of nitrogens with zero attached hydrogens (tertiary/aromatic N) is 1. The zero-order valence-electron chi connectivity index (χ0n) is 10.2. The molecule has 0 aliphatic heterocycles. The lowest BCUT2D eigenvalue weighted by molar-refractivity contribution is -0.384. The van der Waals surface area contributed by atoms with Crippen molar-refractivity contribution in [1.82, 2.24) is 0 Å². The number of nitro groups is 1. The number of benzene rings is 1. The van der Waals surface area contributed by atoms with Crippen molar-refractivity contribution in [1.29, 1.82) is 0 Å². The predicted octanol–water partition coefficient (Wildman–Crippen LogP) is 1.50. The van der Waals surface area contributed by atoms with Gasteiger partial charge in [-0.05, 0) is 18.4 Å². The van der Waals surface area contributed by atoms with E-state index in [1.165, 1.54) is 18.2 Å². The number of rotatable bonds is 3. The third kappa shape index (κ3) is 2.29. The minimum absolute atomic E-state index is 0.181. The Bertz CT molecular complexity index is 605. The zero-order valence-corrected chi connectivity index (χ0v) is 10.2. The van der Waals surface area contributed by atoms with E-state index >= 15 is 0 Å². The average molecular weight is 261 g/mol. The van der Waals surface area contributed by atoms with Gasteiger partial charge in [-0.3, -0.25) is 24.5 Å². The molecule has 0 radical (unpaired) electrons. The van der Waals surface area contributed by atoms with E-state index in [0.29, 0.717) is 12.0 Å². The number of Topliss-reactive ketones (excluding diaryl/α,β-unsaturated/α-hetero) is 3. The molecule has 1 aliphatic carbocycles. The highest BCUT2D eigenvalue weighted by Crippen LogP contribution is 2.29. The van der Waals surface area contributed by atoms with E-state index in [9.17, 15) is 24.5 Å². The second kappa shape index (κ2) is 4.72. The molecule has 1 atom stereocenters. The standard InChI is InChI=1S/C13H11NO5/c1-7(15)12(16)10-5-3-8-2-4-9(14(18)19)6-11(8)13(10)17/h2,4,6,10H,3,5H2,1H3. The van der Waals surface area contributed by atoms with E-state index in [4.69, 9.17) is 0 Å². The number of hydrogen-bond donors (Lipinski definition) is 0. The average Bonchev–Trinajstić information content (AvgIpc) is 2.38. The first kappa shape index (κ1) is 13.1. The fourth-order valence-electron chi connectivity index (χ4n) is 2.24. The summed E-state index contributed by atoms with van der Waals surface area (Å²) in [6, 6.07) is 4.04. The molecule has 0 saturated carbocycles. The van der Waals surface area contributed by atoms with E-state index in [2.05, 4.69) is 0 Å². The van der Waals surface area contributed by atoms with Crippen LogP contribution < -0.4 is 0 Å². The van der Waals surface area contributed by atoms with Crippen molar-refractivity contribution in [2.24, 2.45) is 5.92 Å². The van der Waals surface area contributed by atoms with Crippen LogP contribution >= 0.6 is 0 Å². The topological polar surface area (TPSA) is 94.3 Å². The highest BCUT2D eigenvalue weighted by atomic mass is 16.6. The van der Waals surface area contributed by atoms with Crippen LogP contribution in [-0.4, -0.2) is 22.3 Å². The Kier molecular flexibility index (Phi) is 3.25. The minimum atomic E-state index is -0.994. The Hall–Kier alpha value is -2.37. The van der Waals surface area contributed by atoms with E-state index in [0.717, 1.165) is 6.92 Å². The summed E-state index contributed by atoms with van der Waals surface area (Å²) in [7, 11) is 0. The summed E-state index contributed by atoms with van der Waals surface area (Å²) >= 11 is 0. The largest absolute Gasteiger partial charge is 0.293 e. The molecule has 0 heterocycles. The van der Waals surface area contributed by atoms with Gasteiger partial charge in [-0.25, -0.2) is 0 Å². The van der Waals surface area contributed by atoms with Gasteiger partial charge in [-0.1, -0.05) is 6.07 Å². The van der Waals surface area contributed by atoms with E-state index in [-0.39, 0.29) is 17.7 Å². The van der Waals surface area contributed by atoms with Crippen LogP contribution in [0, 0.1) is 16.0 Å². The Morgan fingerprint density at radius 2 is 2.05 bits per heavy atom. The first-order valence-electron chi connectivity index (χ1n) is 5.78. The second-order valence-corrected chi connectivity index (χ2v) is 4.47. The highest BCUT2D eigenvalue weighted by Gasteiger charge is 2.35. The molecular formula is C13H11NO5. The van der Waals surface area contributed by atoms with E-state index < -0.39 is 28.2 Å². The van der Waals surface area contributed by atoms with Crippen LogP contribution in [0.15, 0.2) is 18.2 Å². The molecule has 6 nitrogen and oxygen atoms in total. The lowest BCUT2D eigenvalue weighted by atomic mass is 9.79. The third-order valence-electron chi connectivity index (χ3n) is 3.25. The minimum Gasteiger partial charge on any atom is -0.293 e. The summed E-state index contributed by atoms with van der Waals surface area (Å²) in [5.74, 6) is -2.87. The van der Waals surface area contributed by atoms with Crippen LogP contribution in [0.25, 0.3) is 0 Å². The van der Waals surface area contributed by atoms with E-state index in [1.807, 2.05) is 0 Å². The molecule has 0 bridgehead atoms. The van der Waals surface area contributed by atoms with Gasteiger partial charge in [0.05, 0.1) is 10.8 Å². The van der Waals surface area contributed by atoms with Crippen molar-refractivity contribution in [3.8, 4) is 0 Å². The maximum atomic E-state index is 12.1. The van der Waals surface area contributed by atoms with Crippen molar-refractivity contribution < 1.29 is 19.3 Å².